The molecule has 0 radical (unpaired) electrons. The van der Waals surface area contributed by atoms with Gasteiger partial charge in [-0.05, 0) is 13.3 Å². The third-order valence-electron chi connectivity index (χ3n) is 1.91. The molecule has 1 rings (SSSR count). The second kappa shape index (κ2) is 4.59. The highest BCUT2D eigenvalue weighted by atomic mass is 16.6. The van der Waals surface area contributed by atoms with Crippen LogP contribution in [0.3, 0.4) is 0 Å². The molecule has 0 spiro atoms. The maximum atomic E-state index is 10.5. The molecule has 0 fully saturated rings. The minimum absolute atomic E-state index is 0.0427. The number of nitrogens with zero attached hydrogens (tertiary/aromatic N) is 2. The van der Waals surface area contributed by atoms with Gasteiger partial charge in [0, 0.05) is 0 Å². The van der Waals surface area contributed by atoms with Crippen molar-refractivity contribution < 1.29 is 9.66 Å². The van der Waals surface area contributed by atoms with E-state index >= 15 is 0 Å². The summed E-state index contributed by atoms with van der Waals surface area (Å²) in [5.74, 6) is 0.276. The molecule has 6 nitrogen and oxygen atoms in total. The molecule has 6 heteroatoms. The first kappa shape index (κ1) is 11.2. The van der Waals surface area contributed by atoms with E-state index < -0.39 is 4.92 Å². The molecule has 82 valence electrons. The fraction of sp³-hybridized carbons (Fsp3) is 0.444. The van der Waals surface area contributed by atoms with Crippen molar-refractivity contribution in [3.05, 3.63) is 22.2 Å². The average Bonchev–Trinajstić information content (AvgIpc) is 2.16. The average molecular weight is 211 g/mol. The van der Waals surface area contributed by atoms with Crippen LogP contribution < -0.4 is 10.5 Å². The van der Waals surface area contributed by atoms with E-state index in [2.05, 4.69) is 4.98 Å². The maximum Gasteiger partial charge on any atom is 0.278 e. The Morgan fingerprint density at radius 2 is 2.33 bits per heavy atom. The normalized spacial score (nSPS) is 12.1. The lowest BCUT2D eigenvalue weighted by Gasteiger charge is -2.11. The van der Waals surface area contributed by atoms with Crippen molar-refractivity contribution in [3.63, 3.8) is 0 Å². The lowest BCUT2D eigenvalue weighted by atomic mass is 10.3. The molecule has 1 aromatic rings. The van der Waals surface area contributed by atoms with Gasteiger partial charge in [-0.3, -0.25) is 10.1 Å². The van der Waals surface area contributed by atoms with Crippen molar-refractivity contribution in [2.75, 3.05) is 5.73 Å². The van der Waals surface area contributed by atoms with E-state index in [-0.39, 0.29) is 23.5 Å². The Morgan fingerprint density at radius 1 is 1.67 bits per heavy atom. The number of nitrogens with two attached hydrogens (primary N) is 1. The maximum absolute atomic E-state index is 10.5. The van der Waals surface area contributed by atoms with E-state index in [1.54, 1.807) is 0 Å². The minimum Gasteiger partial charge on any atom is -0.474 e. The predicted octanol–water partition coefficient (Wildman–Crippen LogP) is 1.75. The Bertz CT molecular complexity index is 368. The van der Waals surface area contributed by atoms with Gasteiger partial charge in [-0.1, -0.05) is 6.92 Å². The molecule has 0 saturated carbocycles. The summed E-state index contributed by atoms with van der Waals surface area (Å²) >= 11 is 0. The van der Waals surface area contributed by atoms with Gasteiger partial charge in [0.05, 0.1) is 23.2 Å². The Hall–Kier alpha value is -1.85. The van der Waals surface area contributed by atoms with Crippen molar-refractivity contribution in [1.82, 2.24) is 4.98 Å². The molecule has 0 aliphatic carbocycles. The van der Waals surface area contributed by atoms with Gasteiger partial charge in [-0.25, -0.2) is 0 Å². The molecule has 0 amide bonds. The van der Waals surface area contributed by atoms with E-state index in [0.717, 1.165) is 6.42 Å². The quantitative estimate of drug-likeness (QED) is 0.605. The topological polar surface area (TPSA) is 91.3 Å². The van der Waals surface area contributed by atoms with Crippen molar-refractivity contribution in [3.8, 4) is 5.88 Å². The molecule has 1 atom stereocenters. The molecule has 1 aromatic heterocycles. The first-order valence-corrected chi connectivity index (χ1v) is 4.61. The minimum atomic E-state index is -0.526. The molecule has 0 saturated heterocycles. The van der Waals surface area contributed by atoms with Crippen LogP contribution in [0, 0.1) is 10.1 Å². The van der Waals surface area contributed by atoms with E-state index in [1.165, 1.54) is 12.1 Å². The number of hydrogen-bond acceptors (Lipinski definition) is 5. The van der Waals surface area contributed by atoms with Crippen LogP contribution in [0.25, 0.3) is 0 Å². The molecule has 2 N–H and O–H groups in total. The van der Waals surface area contributed by atoms with Crippen molar-refractivity contribution in [2.45, 2.75) is 26.4 Å². The standard InChI is InChI=1S/C9H13N3O3/c1-3-6(2)15-9-5-7(12(13)14)4-8(10)11-9/h4-6H,3H2,1-2H3,(H2,10,11). The van der Waals surface area contributed by atoms with Gasteiger partial charge in [-0.15, -0.1) is 0 Å². The SMILES string of the molecule is CCC(C)Oc1cc([N+](=O)[O-])cc(N)n1. The second-order valence-electron chi connectivity index (χ2n) is 3.18. The zero-order valence-corrected chi connectivity index (χ0v) is 8.64. The largest absolute Gasteiger partial charge is 0.474 e. The molecular weight excluding hydrogens is 198 g/mol. The van der Waals surface area contributed by atoms with E-state index in [9.17, 15) is 10.1 Å². The lowest BCUT2D eigenvalue weighted by molar-refractivity contribution is -0.384. The third-order valence-corrected chi connectivity index (χ3v) is 1.91. The summed E-state index contributed by atoms with van der Waals surface area (Å²) in [5.41, 5.74) is 5.31. The number of aromatic nitrogens is 1. The first-order chi connectivity index (χ1) is 7.02. The molecule has 0 bridgehead atoms. The second-order valence-corrected chi connectivity index (χ2v) is 3.18. The number of pyridine rings is 1. The van der Waals surface area contributed by atoms with Gasteiger partial charge in [0.1, 0.15) is 5.82 Å². The van der Waals surface area contributed by atoms with E-state index in [1.807, 2.05) is 13.8 Å². The van der Waals surface area contributed by atoms with Gasteiger partial charge in [-0.2, -0.15) is 4.98 Å². The molecular formula is C9H13N3O3. The fourth-order valence-corrected chi connectivity index (χ4v) is 0.967. The summed E-state index contributed by atoms with van der Waals surface area (Å²) in [7, 11) is 0. The first-order valence-electron chi connectivity index (χ1n) is 4.61. The van der Waals surface area contributed by atoms with Gasteiger partial charge in [0.15, 0.2) is 0 Å². The summed E-state index contributed by atoms with van der Waals surface area (Å²) in [6, 6.07) is 2.46. The van der Waals surface area contributed by atoms with Crippen molar-refractivity contribution >= 4 is 11.5 Å². The monoisotopic (exact) mass is 211 g/mol. The molecule has 1 heterocycles. The fourth-order valence-electron chi connectivity index (χ4n) is 0.967. The molecule has 0 aliphatic rings. The highest BCUT2D eigenvalue weighted by Crippen LogP contribution is 2.21. The predicted molar refractivity (Wildman–Crippen MR) is 55.7 cm³/mol. The van der Waals surface area contributed by atoms with Gasteiger partial charge < -0.3 is 10.5 Å². The van der Waals surface area contributed by atoms with Gasteiger partial charge >= 0.3 is 0 Å². The zero-order valence-electron chi connectivity index (χ0n) is 8.64. The van der Waals surface area contributed by atoms with Crippen LogP contribution in [0.5, 0.6) is 5.88 Å². The summed E-state index contributed by atoms with van der Waals surface area (Å²) in [5, 5.41) is 10.5. The number of nitro groups is 1. The molecule has 0 aromatic carbocycles. The number of hydrogen-bond donors (Lipinski definition) is 1. The highest BCUT2D eigenvalue weighted by Gasteiger charge is 2.11. The molecule has 1 unspecified atom stereocenters. The van der Waals surface area contributed by atoms with Gasteiger partial charge in [0.25, 0.3) is 5.69 Å². The van der Waals surface area contributed by atoms with Crippen LogP contribution in [0.15, 0.2) is 12.1 Å². The Balaban J connectivity index is 2.93. The summed E-state index contributed by atoms with van der Waals surface area (Å²) in [6.45, 7) is 3.81. The van der Waals surface area contributed by atoms with Gasteiger partial charge in [0.2, 0.25) is 5.88 Å². The number of anilines is 1. The van der Waals surface area contributed by atoms with Crippen LogP contribution in [0.1, 0.15) is 20.3 Å². The Labute approximate surface area is 87.2 Å². The lowest BCUT2D eigenvalue weighted by Crippen LogP contribution is -2.11. The number of ether oxygens (including phenoxy) is 1. The van der Waals surface area contributed by atoms with Crippen LogP contribution in [0.4, 0.5) is 11.5 Å². The Kier molecular flexibility index (Phi) is 3.43. The number of rotatable bonds is 4. The Morgan fingerprint density at radius 3 is 2.87 bits per heavy atom. The third kappa shape index (κ3) is 3.08. The summed E-state index contributed by atoms with van der Waals surface area (Å²) < 4.78 is 5.34. The molecule has 15 heavy (non-hydrogen) atoms. The van der Waals surface area contributed by atoms with Crippen molar-refractivity contribution in [1.29, 1.82) is 0 Å². The van der Waals surface area contributed by atoms with Crippen molar-refractivity contribution in [2.24, 2.45) is 0 Å². The van der Waals surface area contributed by atoms with Crippen LogP contribution in [-0.2, 0) is 0 Å². The zero-order chi connectivity index (χ0) is 11.4. The molecule has 0 aliphatic heterocycles. The van der Waals surface area contributed by atoms with Crippen LogP contribution in [0.2, 0.25) is 0 Å². The highest BCUT2D eigenvalue weighted by molar-refractivity contribution is 5.45. The smallest absolute Gasteiger partial charge is 0.278 e. The summed E-state index contributed by atoms with van der Waals surface area (Å²) in [6.07, 6.45) is 0.753. The van der Waals surface area contributed by atoms with Crippen LogP contribution >= 0.6 is 0 Å². The van der Waals surface area contributed by atoms with E-state index in [4.69, 9.17) is 10.5 Å². The number of nitrogen functional groups attached to an aromatic ring is 1. The summed E-state index contributed by atoms with van der Waals surface area (Å²) in [4.78, 5) is 13.9. The van der Waals surface area contributed by atoms with Crippen LogP contribution in [-0.4, -0.2) is 16.0 Å². The van der Waals surface area contributed by atoms with E-state index in [0.29, 0.717) is 0 Å².